The van der Waals surface area contributed by atoms with E-state index in [9.17, 15) is 0 Å². The van der Waals surface area contributed by atoms with Gasteiger partial charge in [-0.15, -0.1) is 0 Å². The van der Waals surface area contributed by atoms with Crippen molar-refractivity contribution >= 4 is 0 Å². The first-order chi connectivity index (χ1) is 7.69. The zero-order chi connectivity index (χ0) is 11.6. The molecular weight excluding hydrogens is 196 g/mol. The summed E-state index contributed by atoms with van der Waals surface area (Å²) in [6.07, 6.45) is 4.32. The lowest BCUT2D eigenvalue weighted by Crippen LogP contribution is -2.63. The highest BCUT2D eigenvalue weighted by atomic mass is 15.2. The molecule has 1 heterocycles. The van der Waals surface area contributed by atoms with Crippen molar-refractivity contribution in [2.75, 3.05) is 32.7 Å². The molecule has 2 heteroatoms. The second-order valence-electron chi connectivity index (χ2n) is 6.16. The van der Waals surface area contributed by atoms with E-state index >= 15 is 0 Å². The highest BCUT2D eigenvalue weighted by Gasteiger charge is 2.52. The van der Waals surface area contributed by atoms with Crippen LogP contribution in [0.2, 0.25) is 0 Å². The van der Waals surface area contributed by atoms with Crippen LogP contribution in [-0.4, -0.2) is 37.6 Å². The van der Waals surface area contributed by atoms with Crippen molar-refractivity contribution in [1.82, 2.24) is 10.2 Å². The first kappa shape index (κ1) is 12.4. The predicted molar refractivity (Wildman–Crippen MR) is 69.6 cm³/mol. The van der Waals surface area contributed by atoms with E-state index in [2.05, 4.69) is 31.0 Å². The van der Waals surface area contributed by atoms with Gasteiger partial charge in [0.05, 0.1) is 0 Å². The lowest BCUT2D eigenvalue weighted by Gasteiger charge is -2.60. The molecule has 1 saturated heterocycles. The third-order valence-electron chi connectivity index (χ3n) is 4.57. The largest absolute Gasteiger partial charge is 0.317 e. The summed E-state index contributed by atoms with van der Waals surface area (Å²) in [7, 11) is 0. The molecule has 1 aliphatic heterocycles. The number of rotatable bonds is 6. The Balaban J connectivity index is 1.63. The van der Waals surface area contributed by atoms with E-state index < -0.39 is 0 Å². The van der Waals surface area contributed by atoms with Gasteiger partial charge in [0.2, 0.25) is 0 Å². The SMILES string of the molecule is CCCN1CC2(CC([C@@H](C)CNCC)C2)C1. The topological polar surface area (TPSA) is 15.3 Å². The van der Waals surface area contributed by atoms with E-state index in [0.29, 0.717) is 0 Å². The number of likely N-dealkylation sites (tertiary alicyclic amines) is 1. The van der Waals surface area contributed by atoms with Crippen LogP contribution < -0.4 is 5.32 Å². The fourth-order valence-corrected chi connectivity index (χ4v) is 3.63. The minimum atomic E-state index is 0.764. The van der Waals surface area contributed by atoms with Crippen molar-refractivity contribution < 1.29 is 0 Å². The van der Waals surface area contributed by atoms with Crippen LogP contribution in [0.15, 0.2) is 0 Å². The number of hydrogen-bond acceptors (Lipinski definition) is 2. The maximum Gasteiger partial charge on any atom is 0.00507 e. The molecule has 0 aromatic carbocycles. The minimum absolute atomic E-state index is 0.764. The zero-order valence-electron chi connectivity index (χ0n) is 11.3. The third-order valence-corrected chi connectivity index (χ3v) is 4.57. The lowest BCUT2D eigenvalue weighted by atomic mass is 9.55. The summed E-state index contributed by atoms with van der Waals surface area (Å²) in [6.45, 7) is 13.3. The van der Waals surface area contributed by atoms with Crippen LogP contribution in [-0.2, 0) is 0 Å². The van der Waals surface area contributed by atoms with Crippen molar-refractivity contribution in [3.63, 3.8) is 0 Å². The van der Waals surface area contributed by atoms with Crippen LogP contribution in [0.1, 0.15) is 40.0 Å². The second kappa shape index (κ2) is 5.05. The number of hydrogen-bond donors (Lipinski definition) is 1. The molecule has 1 spiro atoms. The first-order valence-corrected chi connectivity index (χ1v) is 7.12. The Kier molecular flexibility index (Phi) is 3.91. The number of nitrogens with zero attached hydrogens (tertiary/aromatic N) is 1. The molecule has 0 aromatic heterocycles. The van der Waals surface area contributed by atoms with Crippen LogP contribution in [0.5, 0.6) is 0 Å². The molecule has 0 unspecified atom stereocenters. The van der Waals surface area contributed by atoms with Gasteiger partial charge in [-0.3, -0.25) is 0 Å². The monoisotopic (exact) mass is 224 g/mol. The molecular formula is C14H28N2. The first-order valence-electron chi connectivity index (χ1n) is 7.12. The molecule has 2 nitrogen and oxygen atoms in total. The number of nitrogens with one attached hydrogen (secondary N) is 1. The van der Waals surface area contributed by atoms with E-state index in [-0.39, 0.29) is 0 Å². The lowest BCUT2D eigenvalue weighted by molar-refractivity contribution is -0.107. The molecule has 0 bridgehead atoms. The Morgan fingerprint density at radius 1 is 1.31 bits per heavy atom. The van der Waals surface area contributed by atoms with Crippen molar-refractivity contribution in [3.8, 4) is 0 Å². The average Bonchev–Trinajstić information content (AvgIpc) is 2.16. The summed E-state index contributed by atoms with van der Waals surface area (Å²) in [4.78, 5) is 2.63. The summed E-state index contributed by atoms with van der Waals surface area (Å²) in [6, 6.07) is 0. The fraction of sp³-hybridized carbons (Fsp3) is 1.00. The standard InChI is InChI=1S/C14H28N2/c1-4-6-16-10-14(11-16)7-13(8-14)12(3)9-15-5-2/h12-13,15H,4-11H2,1-3H3/t12-/m0/s1. The summed E-state index contributed by atoms with van der Waals surface area (Å²) in [5, 5.41) is 3.48. The Bertz CT molecular complexity index is 213. The Morgan fingerprint density at radius 3 is 2.56 bits per heavy atom. The van der Waals surface area contributed by atoms with Gasteiger partial charge < -0.3 is 10.2 Å². The Morgan fingerprint density at radius 2 is 2.00 bits per heavy atom. The van der Waals surface area contributed by atoms with Crippen LogP contribution in [0.4, 0.5) is 0 Å². The molecule has 0 aromatic rings. The molecule has 2 aliphatic rings. The van der Waals surface area contributed by atoms with Gasteiger partial charge in [-0.25, -0.2) is 0 Å². The Labute approximate surface area is 101 Å². The molecule has 0 amide bonds. The van der Waals surface area contributed by atoms with Gasteiger partial charge in [0.25, 0.3) is 0 Å². The summed E-state index contributed by atoms with van der Waals surface area (Å²) in [5.41, 5.74) is 0.764. The molecule has 1 N–H and O–H groups in total. The van der Waals surface area contributed by atoms with Crippen LogP contribution >= 0.6 is 0 Å². The molecule has 2 fully saturated rings. The van der Waals surface area contributed by atoms with Gasteiger partial charge in [0, 0.05) is 13.1 Å². The van der Waals surface area contributed by atoms with E-state index in [1.165, 1.54) is 45.4 Å². The quantitative estimate of drug-likeness (QED) is 0.745. The molecule has 2 rings (SSSR count). The fourth-order valence-electron chi connectivity index (χ4n) is 3.63. The van der Waals surface area contributed by atoms with Crippen molar-refractivity contribution in [1.29, 1.82) is 0 Å². The van der Waals surface area contributed by atoms with Crippen LogP contribution in [0, 0.1) is 17.3 Å². The van der Waals surface area contributed by atoms with Gasteiger partial charge in [-0.2, -0.15) is 0 Å². The highest BCUT2D eigenvalue weighted by Crippen LogP contribution is 2.54. The van der Waals surface area contributed by atoms with E-state index in [0.717, 1.165) is 23.8 Å². The molecule has 94 valence electrons. The normalized spacial score (nSPS) is 26.4. The van der Waals surface area contributed by atoms with Crippen molar-refractivity contribution in [3.05, 3.63) is 0 Å². The maximum absolute atomic E-state index is 3.48. The van der Waals surface area contributed by atoms with Crippen LogP contribution in [0.3, 0.4) is 0 Å². The summed E-state index contributed by atoms with van der Waals surface area (Å²) >= 11 is 0. The molecule has 1 saturated carbocycles. The van der Waals surface area contributed by atoms with Gasteiger partial charge >= 0.3 is 0 Å². The van der Waals surface area contributed by atoms with E-state index in [1.54, 1.807) is 0 Å². The van der Waals surface area contributed by atoms with E-state index in [4.69, 9.17) is 0 Å². The highest BCUT2D eigenvalue weighted by molar-refractivity contribution is 5.05. The Hall–Kier alpha value is -0.0800. The zero-order valence-corrected chi connectivity index (χ0v) is 11.3. The second-order valence-corrected chi connectivity index (χ2v) is 6.16. The summed E-state index contributed by atoms with van der Waals surface area (Å²) in [5.74, 6) is 1.88. The average molecular weight is 224 g/mol. The minimum Gasteiger partial charge on any atom is -0.317 e. The van der Waals surface area contributed by atoms with Crippen molar-refractivity contribution in [2.24, 2.45) is 17.3 Å². The van der Waals surface area contributed by atoms with Gasteiger partial charge in [-0.1, -0.05) is 20.8 Å². The predicted octanol–water partition coefficient (Wildman–Crippen LogP) is 2.35. The third kappa shape index (κ3) is 2.43. The molecule has 1 atom stereocenters. The van der Waals surface area contributed by atoms with Gasteiger partial charge in [0.1, 0.15) is 0 Å². The van der Waals surface area contributed by atoms with E-state index in [1.807, 2.05) is 0 Å². The molecule has 16 heavy (non-hydrogen) atoms. The van der Waals surface area contributed by atoms with Gasteiger partial charge in [0.15, 0.2) is 0 Å². The molecule has 0 radical (unpaired) electrons. The van der Waals surface area contributed by atoms with Gasteiger partial charge in [-0.05, 0) is 56.1 Å². The smallest absolute Gasteiger partial charge is 0.00507 e. The van der Waals surface area contributed by atoms with Crippen molar-refractivity contribution in [2.45, 2.75) is 40.0 Å². The maximum atomic E-state index is 3.48. The summed E-state index contributed by atoms with van der Waals surface area (Å²) < 4.78 is 0. The molecule has 1 aliphatic carbocycles. The van der Waals surface area contributed by atoms with Crippen LogP contribution in [0.25, 0.3) is 0 Å².